The van der Waals surface area contributed by atoms with Gasteiger partial charge < -0.3 is 28.4 Å². The summed E-state index contributed by atoms with van der Waals surface area (Å²) in [5, 5.41) is 5.08. The van der Waals surface area contributed by atoms with Crippen LogP contribution >= 0.6 is 0 Å². The third kappa shape index (κ3) is 14.8. The van der Waals surface area contributed by atoms with Crippen LogP contribution in [-0.2, 0) is 60.4 Å². The van der Waals surface area contributed by atoms with Gasteiger partial charge in [-0.1, -0.05) is 37.4 Å². The lowest BCUT2D eigenvalue weighted by Gasteiger charge is -2.16. The second kappa shape index (κ2) is 19.7. The molecule has 0 saturated heterocycles. The first-order valence-corrected chi connectivity index (χ1v) is 14.4. The van der Waals surface area contributed by atoms with E-state index in [-0.39, 0.29) is 45.9 Å². The molecule has 0 bridgehead atoms. The maximum absolute atomic E-state index is 12.5. The Balaban J connectivity index is 1.79. The molecular formula is C33H38N2O12. The lowest BCUT2D eigenvalue weighted by Crippen LogP contribution is -2.26. The van der Waals surface area contributed by atoms with Gasteiger partial charge in [-0.25, -0.2) is 19.2 Å². The molecule has 0 fully saturated rings. The molecule has 0 radical (unpaired) electrons. The van der Waals surface area contributed by atoms with E-state index in [4.69, 9.17) is 28.4 Å². The molecule has 0 aromatic heterocycles. The number of hydrogen-bond acceptors (Lipinski definition) is 12. The number of esters is 4. The molecule has 1 unspecified atom stereocenters. The molecule has 0 saturated carbocycles. The van der Waals surface area contributed by atoms with Gasteiger partial charge in [0.05, 0.1) is 12.8 Å². The van der Waals surface area contributed by atoms with Crippen molar-refractivity contribution in [3.63, 3.8) is 0 Å². The van der Waals surface area contributed by atoms with Gasteiger partial charge in [0.2, 0.25) is 0 Å². The van der Waals surface area contributed by atoms with E-state index in [9.17, 15) is 28.8 Å². The molecule has 2 amide bonds. The summed E-state index contributed by atoms with van der Waals surface area (Å²) >= 11 is 0. The zero-order chi connectivity index (χ0) is 34.8. The standard InChI is InChI=1S/C33H38N2O12/c1-6-28(36)42-12-13-44-30(38)17-24-10-8-21(3)25(16-24)18-31(39)46-20-23(5)47-33(41)35-27-19-26(11-9-22(27)4)34-32(40)45-15-14-43-29(37)7-2/h6-11,16,19,23H,1-2,12-15,17-18,20H2,3-5H3,(H,34,40)(H,35,41). The van der Waals surface area contributed by atoms with Crippen molar-refractivity contribution in [2.45, 2.75) is 39.7 Å². The number of rotatable bonds is 17. The highest BCUT2D eigenvalue weighted by molar-refractivity contribution is 5.90. The molecule has 14 nitrogen and oxygen atoms in total. The summed E-state index contributed by atoms with van der Waals surface area (Å²) in [6.07, 6.45) is -0.520. The van der Waals surface area contributed by atoms with E-state index in [0.29, 0.717) is 28.1 Å². The van der Waals surface area contributed by atoms with Gasteiger partial charge in [0.1, 0.15) is 39.1 Å². The molecule has 47 heavy (non-hydrogen) atoms. The first kappa shape index (κ1) is 37.5. The lowest BCUT2D eigenvalue weighted by atomic mass is 10.0. The number of anilines is 2. The molecular weight excluding hydrogens is 616 g/mol. The summed E-state index contributed by atoms with van der Waals surface area (Å²) in [5.41, 5.74) is 3.44. The quantitative estimate of drug-likeness (QED) is 0.108. The van der Waals surface area contributed by atoms with Crippen LogP contribution in [0.15, 0.2) is 61.7 Å². The molecule has 0 heterocycles. The molecule has 0 aliphatic carbocycles. The fraction of sp³-hybridized carbons (Fsp3) is 0.333. The van der Waals surface area contributed by atoms with Gasteiger partial charge >= 0.3 is 36.1 Å². The van der Waals surface area contributed by atoms with Crippen LogP contribution in [0, 0.1) is 13.8 Å². The highest BCUT2D eigenvalue weighted by Gasteiger charge is 2.16. The molecule has 252 valence electrons. The zero-order valence-corrected chi connectivity index (χ0v) is 26.5. The third-order valence-electron chi connectivity index (χ3n) is 6.09. The summed E-state index contributed by atoms with van der Waals surface area (Å²) < 4.78 is 30.1. The number of amides is 2. The van der Waals surface area contributed by atoms with E-state index in [1.807, 2.05) is 6.92 Å². The molecule has 0 aliphatic rings. The minimum Gasteiger partial charge on any atom is -0.462 e. The molecule has 1 atom stereocenters. The van der Waals surface area contributed by atoms with Crippen molar-refractivity contribution < 1.29 is 57.2 Å². The third-order valence-corrected chi connectivity index (χ3v) is 6.09. The molecule has 2 aromatic rings. The average Bonchev–Trinajstić information content (AvgIpc) is 3.03. The van der Waals surface area contributed by atoms with Crippen LogP contribution in [0.5, 0.6) is 0 Å². The van der Waals surface area contributed by atoms with Crippen LogP contribution in [0.4, 0.5) is 21.0 Å². The SMILES string of the molecule is C=CC(=O)OCCOC(=O)Cc1ccc(C)c(CC(=O)OCC(C)OC(=O)Nc2cc(NC(=O)OCCOC(=O)C=C)ccc2C)c1. The Morgan fingerprint density at radius 1 is 0.702 bits per heavy atom. The Kier molecular flexibility index (Phi) is 15.7. The number of carbonyl (C=O) groups excluding carboxylic acids is 6. The first-order chi connectivity index (χ1) is 22.4. The first-order valence-electron chi connectivity index (χ1n) is 14.4. The van der Waals surface area contributed by atoms with E-state index in [1.165, 1.54) is 6.07 Å². The van der Waals surface area contributed by atoms with Crippen molar-refractivity contribution in [1.29, 1.82) is 0 Å². The van der Waals surface area contributed by atoms with Gasteiger partial charge in [0.25, 0.3) is 0 Å². The summed E-state index contributed by atoms with van der Waals surface area (Å²) in [6.45, 7) is 10.9. The Morgan fingerprint density at radius 2 is 1.30 bits per heavy atom. The normalized spacial score (nSPS) is 10.8. The second-order valence-electron chi connectivity index (χ2n) is 9.89. The predicted octanol–water partition coefficient (Wildman–Crippen LogP) is 4.12. The summed E-state index contributed by atoms with van der Waals surface area (Å²) in [5.74, 6) is -2.34. The number of nitrogens with one attached hydrogen (secondary N) is 2. The van der Waals surface area contributed by atoms with Crippen LogP contribution in [0.25, 0.3) is 0 Å². The van der Waals surface area contributed by atoms with Gasteiger partial charge in [0.15, 0.2) is 0 Å². The molecule has 14 heteroatoms. The number of benzene rings is 2. The highest BCUT2D eigenvalue weighted by atomic mass is 16.6. The molecule has 2 aromatic carbocycles. The second-order valence-corrected chi connectivity index (χ2v) is 9.89. The average molecular weight is 655 g/mol. The van der Waals surface area contributed by atoms with Crippen molar-refractivity contribution in [2.75, 3.05) is 43.7 Å². The number of aryl methyl sites for hydroxylation is 2. The van der Waals surface area contributed by atoms with Crippen LogP contribution in [0.3, 0.4) is 0 Å². The smallest absolute Gasteiger partial charge is 0.412 e. The zero-order valence-electron chi connectivity index (χ0n) is 26.5. The predicted molar refractivity (Wildman–Crippen MR) is 169 cm³/mol. The van der Waals surface area contributed by atoms with Gasteiger partial charge in [-0.05, 0) is 55.2 Å². The molecule has 0 spiro atoms. The minimum absolute atomic E-state index is 0.0464. The Hall–Kier alpha value is -5.66. The van der Waals surface area contributed by atoms with Gasteiger partial charge in [-0.2, -0.15) is 0 Å². The van der Waals surface area contributed by atoms with Crippen LogP contribution in [0.1, 0.15) is 29.2 Å². The van der Waals surface area contributed by atoms with Crippen LogP contribution in [-0.4, -0.2) is 75.2 Å². The molecule has 2 rings (SSSR count). The van der Waals surface area contributed by atoms with E-state index in [1.54, 1.807) is 44.2 Å². The number of hydrogen-bond donors (Lipinski definition) is 2. The van der Waals surface area contributed by atoms with Gasteiger partial charge in [-0.15, -0.1) is 0 Å². The molecule has 2 N–H and O–H groups in total. The van der Waals surface area contributed by atoms with Crippen molar-refractivity contribution in [1.82, 2.24) is 0 Å². The Labute approximate surface area is 272 Å². The fourth-order valence-electron chi connectivity index (χ4n) is 3.70. The van der Waals surface area contributed by atoms with Crippen molar-refractivity contribution in [2.24, 2.45) is 0 Å². The van der Waals surface area contributed by atoms with Gasteiger partial charge in [-0.3, -0.25) is 20.2 Å². The van der Waals surface area contributed by atoms with Crippen molar-refractivity contribution in [3.8, 4) is 0 Å². The lowest BCUT2D eigenvalue weighted by molar-refractivity contribution is -0.149. The van der Waals surface area contributed by atoms with E-state index in [0.717, 1.165) is 17.7 Å². The summed E-state index contributed by atoms with van der Waals surface area (Å²) in [4.78, 5) is 71.2. The number of carbonyl (C=O) groups is 6. The van der Waals surface area contributed by atoms with E-state index in [2.05, 4.69) is 23.8 Å². The minimum atomic E-state index is -0.810. The van der Waals surface area contributed by atoms with Crippen molar-refractivity contribution >= 4 is 47.4 Å². The maximum atomic E-state index is 12.5. The summed E-state index contributed by atoms with van der Waals surface area (Å²) in [7, 11) is 0. The highest BCUT2D eigenvalue weighted by Crippen LogP contribution is 2.21. The maximum Gasteiger partial charge on any atom is 0.412 e. The van der Waals surface area contributed by atoms with Crippen LogP contribution < -0.4 is 10.6 Å². The fourth-order valence-corrected chi connectivity index (χ4v) is 3.70. The van der Waals surface area contributed by atoms with Crippen molar-refractivity contribution in [3.05, 3.63) is 84.0 Å². The van der Waals surface area contributed by atoms with E-state index < -0.39 is 42.2 Å². The monoisotopic (exact) mass is 654 g/mol. The van der Waals surface area contributed by atoms with E-state index >= 15 is 0 Å². The molecule has 0 aliphatic heterocycles. The largest absolute Gasteiger partial charge is 0.462 e. The Bertz CT molecular complexity index is 1470. The topological polar surface area (TPSA) is 182 Å². The van der Waals surface area contributed by atoms with Gasteiger partial charge in [0, 0.05) is 23.5 Å². The number of ether oxygens (including phenoxy) is 6. The van der Waals surface area contributed by atoms with Crippen LogP contribution in [0.2, 0.25) is 0 Å². The summed E-state index contributed by atoms with van der Waals surface area (Å²) in [6, 6.07) is 9.97. The Morgan fingerprint density at radius 3 is 1.96 bits per heavy atom.